The van der Waals surface area contributed by atoms with Gasteiger partial charge in [0.2, 0.25) is 5.91 Å². The second-order valence-electron chi connectivity index (χ2n) is 8.43. The van der Waals surface area contributed by atoms with Gasteiger partial charge in [-0.2, -0.15) is 0 Å². The number of nitro groups is 1. The number of benzene rings is 2. The molecule has 1 saturated heterocycles. The van der Waals surface area contributed by atoms with Crippen LogP contribution in [0.25, 0.3) is 17.2 Å². The smallest absolute Gasteiger partial charge is 0.277 e. The maximum absolute atomic E-state index is 12.4. The number of carbonyl (C=O) groups is 1. The Morgan fingerprint density at radius 2 is 2.03 bits per heavy atom. The zero-order chi connectivity index (χ0) is 22.4. The van der Waals surface area contributed by atoms with Crippen LogP contribution >= 0.6 is 0 Å². The molecule has 1 unspecified atom stereocenters. The van der Waals surface area contributed by atoms with Crippen LogP contribution in [0.5, 0.6) is 0 Å². The molecule has 2 aromatic carbocycles. The van der Waals surface area contributed by atoms with E-state index >= 15 is 0 Å². The van der Waals surface area contributed by atoms with Crippen molar-refractivity contribution in [2.45, 2.75) is 45.1 Å². The van der Waals surface area contributed by atoms with Crippen LogP contribution in [0.15, 0.2) is 48.5 Å². The van der Waals surface area contributed by atoms with Crippen LogP contribution in [0.2, 0.25) is 0 Å². The molecule has 164 valence electrons. The monoisotopic (exact) mass is 421 g/mol. The fourth-order valence-electron chi connectivity index (χ4n) is 4.30. The van der Waals surface area contributed by atoms with E-state index in [0.29, 0.717) is 23.7 Å². The van der Waals surface area contributed by atoms with Crippen molar-refractivity contribution in [1.82, 2.24) is 10.2 Å². The highest BCUT2D eigenvalue weighted by Crippen LogP contribution is 2.38. The topological polar surface area (TPSA) is 75.5 Å². The first-order chi connectivity index (χ1) is 14.9. The van der Waals surface area contributed by atoms with E-state index in [-0.39, 0.29) is 22.4 Å². The number of likely N-dealkylation sites (tertiary alicyclic amines) is 1. The van der Waals surface area contributed by atoms with Crippen molar-refractivity contribution in [1.29, 1.82) is 0 Å². The molecule has 1 fully saturated rings. The Balaban J connectivity index is 1.82. The average Bonchev–Trinajstić information content (AvgIpc) is 3.16. The zero-order valence-corrected chi connectivity index (χ0v) is 18.5. The van der Waals surface area contributed by atoms with Crippen molar-refractivity contribution >= 4 is 17.7 Å². The first-order valence-electron chi connectivity index (χ1n) is 10.9. The predicted octanol–water partition coefficient (Wildman–Crippen LogP) is 5.00. The van der Waals surface area contributed by atoms with Crippen LogP contribution in [0, 0.1) is 10.1 Å². The Bertz CT molecular complexity index is 968. The molecule has 0 saturated carbocycles. The van der Waals surface area contributed by atoms with E-state index in [4.69, 9.17) is 0 Å². The second kappa shape index (κ2) is 10.4. The third-order valence-electron chi connectivity index (χ3n) is 5.99. The number of hydrogen-bond acceptors (Lipinski definition) is 4. The Morgan fingerprint density at radius 3 is 2.71 bits per heavy atom. The van der Waals surface area contributed by atoms with Crippen molar-refractivity contribution in [2.24, 2.45) is 0 Å². The van der Waals surface area contributed by atoms with Gasteiger partial charge in [-0.25, -0.2) is 0 Å². The number of amides is 1. The molecule has 1 heterocycles. The number of nitrogens with zero attached hydrogens (tertiary/aromatic N) is 2. The molecule has 1 atom stereocenters. The maximum atomic E-state index is 12.4. The van der Waals surface area contributed by atoms with E-state index in [0.717, 1.165) is 24.1 Å². The highest BCUT2D eigenvalue weighted by Gasteiger charge is 2.22. The van der Waals surface area contributed by atoms with E-state index in [1.807, 2.05) is 30.3 Å². The van der Waals surface area contributed by atoms with Crippen LogP contribution in [0.4, 0.5) is 5.69 Å². The van der Waals surface area contributed by atoms with Gasteiger partial charge in [0.1, 0.15) is 0 Å². The molecule has 31 heavy (non-hydrogen) atoms. The molecule has 0 bridgehead atoms. The molecular weight excluding hydrogens is 390 g/mol. The summed E-state index contributed by atoms with van der Waals surface area (Å²) in [6.45, 7) is 5.87. The van der Waals surface area contributed by atoms with Gasteiger partial charge in [-0.15, -0.1) is 0 Å². The summed E-state index contributed by atoms with van der Waals surface area (Å²) in [5.74, 6) is 0.0279. The fourth-order valence-corrected chi connectivity index (χ4v) is 4.30. The quantitative estimate of drug-likeness (QED) is 0.370. The number of nitro benzene ring substituents is 1. The molecule has 1 amide bonds. The van der Waals surface area contributed by atoms with Crippen LogP contribution in [-0.2, 0) is 4.79 Å². The minimum Gasteiger partial charge on any atom is -0.352 e. The van der Waals surface area contributed by atoms with Gasteiger partial charge in [-0.1, -0.05) is 50.2 Å². The van der Waals surface area contributed by atoms with Gasteiger partial charge in [-0.3, -0.25) is 14.9 Å². The summed E-state index contributed by atoms with van der Waals surface area (Å²) in [5, 5.41) is 14.7. The van der Waals surface area contributed by atoms with E-state index < -0.39 is 0 Å². The Hall–Kier alpha value is -2.99. The fraction of sp³-hybridized carbons (Fsp3) is 0.400. The van der Waals surface area contributed by atoms with Gasteiger partial charge in [0.15, 0.2) is 0 Å². The summed E-state index contributed by atoms with van der Waals surface area (Å²) >= 11 is 0. The van der Waals surface area contributed by atoms with Gasteiger partial charge in [-0.05, 0) is 61.5 Å². The van der Waals surface area contributed by atoms with Crippen molar-refractivity contribution in [3.05, 3.63) is 69.8 Å². The van der Waals surface area contributed by atoms with Gasteiger partial charge in [0.25, 0.3) is 5.69 Å². The first-order valence-corrected chi connectivity index (χ1v) is 10.9. The summed E-state index contributed by atoms with van der Waals surface area (Å²) in [6.07, 6.45) is 6.46. The lowest BCUT2D eigenvalue weighted by Crippen LogP contribution is -2.31. The van der Waals surface area contributed by atoms with Crippen molar-refractivity contribution in [3.63, 3.8) is 0 Å². The minimum absolute atomic E-state index is 0.0416. The van der Waals surface area contributed by atoms with E-state index in [9.17, 15) is 14.9 Å². The van der Waals surface area contributed by atoms with Crippen LogP contribution in [-0.4, -0.2) is 41.9 Å². The van der Waals surface area contributed by atoms with Crippen LogP contribution < -0.4 is 5.32 Å². The molecule has 0 spiro atoms. The minimum atomic E-state index is -0.359. The first kappa shape index (κ1) is 22.7. The lowest BCUT2D eigenvalue weighted by Gasteiger charge is -2.19. The van der Waals surface area contributed by atoms with E-state index in [1.165, 1.54) is 25.0 Å². The molecule has 0 aromatic heterocycles. The van der Waals surface area contributed by atoms with Gasteiger partial charge < -0.3 is 10.2 Å². The molecule has 1 N–H and O–H groups in total. The molecule has 6 heteroatoms. The van der Waals surface area contributed by atoms with Crippen molar-refractivity contribution in [2.75, 3.05) is 20.1 Å². The van der Waals surface area contributed by atoms with Crippen molar-refractivity contribution in [3.8, 4) is 11.1 Å². The lowest BCUT2D eigenvalue weighted by molar-refractivity contribution is -0.384. The SMILES string of the molecule is CC(C)c1ccccc1-c1c(/C=C/C(=O)NCCC2CCCN2C)cccc1[N+](=O)[O-]. The molecule has 1 aliphatic heterocycles. The Labute approximate surface area is 184 Å². The number of rotatable bonds is 8. The van der Waals surface area contributed by atoms with Gasteiger partial charge in [0.05, 0.1) is 10.5 Å². The van der Waals surface area contributed by atoms with Crippen LogP contribution in [0.1, 0.15) is 50.2 Å². The molecule has 0 aliphatic carbocycles. The summed E-state index contributed by atoms with van der Waals surface area (Å²) in [6, 6.07) is 13.3. The summed E-state index contributed by atoms with van der Waals surface area (Å²) in [4.78, 5) is 26.1. The zero-order valence-electron chi connectivity index (χ0n) is 18.5. The summed E-state index contributed by atoms with van der Waals surface area (Å²) < 4.78 is 0. The largest absolute Gasteiger partial charge is 0.352 e. The van der Waals surface area contributed by atoms with E-state index in [2.05, 4.69) is 31.1 Å². The Morgan fingerprint density at radius 1 is 1.26 bits per heavy atom. The average molecular weight is 422 g/mol. The predicted molar refractivity (Wildman–Crippen MR) is 125 cm³/mol. The maximum Gasteiger partial charge on any atom is 0.277 e. The second-order valence-corrected chi connectivity index (χ2v) is 8.43. The number of hydrogen-bond donors (Lipinski definition) is 1. The normalized spacial score (nSPS) is 16.8. The molecule has 6 nitrogen and oxygen atoms in total. The summed E-state index contributed by atoms with van der Waals surface area (Å²) in [7, 11) is 2.12. The van der Waals surface area contributed by atoms with Crippen molar-refractivity contribution < 1.29 is 9.72 Å². The van der Waals surface area contributed by atoms with Gasteiger partial charge in [0, 0.05) is 24.7 Å². The molecule has 2 aromatic rings. The third kappa shape index (κ3) is 5.58. The number of nitrogens with one attached hydrogen (secondary N) is 1. The highest BCUT2D eigenvalue weighted by molar-refractivity contribution is 5.94. The Kier molecular flexibility index (Phi) is 7.58. The molecular formula is C25H31N3O3. The van der Waals surface area contributed by atoms with E-state index in [1.54, 1.807) is 12.1 Å². The molecule has 0 radical (unpaired) electrons. The van der Waals surface area contributed by atoms with Crippen LogP contribution in [0.3, 0.4) is 0 Å². The summed E-state index contributed by atoms with van der Waals surface area (Å²) in [5.41, 5.74) is 3.12. The van der Waals surface area contributed by atoms with Gasteiger partial charge >= 0.3 is 0 Å². The molecule has 1 aliphatic rings. The number of carbonyl (C=O) groups excluding carboxylic acids is 1. The third-order valence-corrected chi connectivity index (χ3v) is 5.99. The lowest BCUT2D eigenvalue weighted by atomic mass is 9.89. The molecule has 3 rings (SSSR count). The highest BCUT2D eigenvalue weighted by atomic mass is 16.6. The standard InChI is InChI=1S/C25H31N3O3/c1-18(2)21-10-4-5-11-22(21)25-19(8-6-12-23(25)28(30)31)13-14-24(29)26-16-15-20-9-7-17-27(20)3/h4-6,8,10-14,18,20H,7,9,15-17H2,1-3H3,(H,26,29)/b14-13+.